The Kier molecular flexibility index (Phi) is 4.76. The number of hydrogen-bond donors (Lipinski definition) is 0. The quantitative estimate of drug-likeness (QED) is 0.584. The molecule has 4 heteroatoms. The molecule has 0 N–H and O–H groups in total. The summed E-state index contributed by atoms with van der Waals surface area (Å²) in [5.74, 6) is 0.844. The molecule has 0 aromatic heterocycles. The first kappa shape index (κ1) is 11.3. The van der Waals surface area contributed by atoms with Crippen molar-refractivity contribution in [2.75, 3.05) is 13.7 Å². The Balaban J connectivity index is 2.55. The Morgan fingerprint density at radius 1 is 1.36 bits per heavy atom. The maximum Gasteiger partial charge on any atom is 0.224 e. The highest BCUT2D eigenvalue weighted by molar-refractivity contribution is 8.22. The Labute approximate surface area is 93.6 Å². The van der Waals surface area contributed by atoms with Gasteiger partial charge >= 0.3 is 0 Å². The minimum absolute atomic E-state index is 0.553. The van der Waals surface area contributed by atoms with Crippen molar-refractivity contribution in [2.24, 2.45) is 0 Å². The van der Waals surface area contributed by atoms with Crippen LogP contribution in [0.4, 0.5) is 0 Å². The van der Waals surface area contributed by atoms with E-state index >= 15 is 0 Å². The Bertz CT molecular complexity index is 295. The van der Waals surface area contributed by atoms with Gasteiger partial charge in [0.2, 0.25) is 4.38 Å². The second-order valence-electron chi connectivity index (χ2n) is 2.46. The van der Waals surface area contributed by atoms with Gasteiger partial charge in [0.15, 0.2) is 0 Å². The maximum absolute atomic E-state index is 5.17. The van der Waals surface area contributed by atoms with Gasteiger partial charge in [0, 0.05) is 4.90 Å². The van der Waals surface area contributed by atoms with Crippen LogP contribution in [0.5, 0.6) is 5.75 Å². The van der Waals surface area contributed by atoms with E-state index in [-0.39, 0.29) is 0 Å². The summed E-state index contributed by atoms with van der Waals surface area (Å²) in [6, 6.07) is 7.71. The molecule has 0 amide bonds. The number of ether oxygens (including phenoxy) is 2. The summed E-state index contributed by atoms with van der Waals surface area (Å²) in [6.07, 6.45) is 0. The van der Waals surface area contributed by atoms with Gasteiger partial charge < -0.3 is 9.47 Å². The molecule has 0 unspecified atom stereocenters. The molecule has 0 aliphatic rings. The fourth-order valence-electron chi connectivity index (χ4n) is 0.887. The largest absolute Gasteiger partial charge is 0.497 e. The smallest absolute Gasteiger partial charge is 0.224 e. The molecule has 1 aromatic rings. The lowest BCUT2D eigenvalue weighted by Gasteiger charge is -2.04. The normalized spacial score (nSPS) is 9.57. The van der Waals surface area contributed by atoms with Crippen LogP contribution in [0.2, 0.25) is 0 Å². The van der Waals surface area contributed by atoms with Crippen LogP contribution in [0, 0.1) is 0 Å². The van der Waals surface area contributed by atoms with Crippen LogP contribution in [0.15, 0.2) is 29.2 Å². The van der Waals surface area contributed by atoms with E-state index in [0.29, 0.717) is 11.0 Å². The maximum atomic E-state index is 5.17. The van der Waals surface area contributed by atoms with E-state index < -0.39 is 0 Å². The molecule has 14 heavy (non-hydrogen) atoms. The van der Waals surface area contributed by atoms with Gasteiger partial charge in [0.05, 0.1) is 13.7 Å². The van der Waals surface area contributed by atoms with Gasteiger partial charge in [-0.15, -0.1) is 0 Å². The lowest BCUT2D eigenvalue weighted by atomic mass is 10.3. The minimum Gasteiger partial charge on any atom is -0.497 e. The molecule has 0 fully saturated rings. The van der Waals surface area contributed by atoms with Crippen LogP contribution in [0.3, 0.4) is 0 Å². The Morgan fingerprint density at radius 2 is 2.00 bits per heavy atom. The van der Waals surface area contributed by atoms with Gasteiger partial charge in [-0.25, -0.2) is 0 Å². The number of benzene rings is 1. The number of hydrogen-bond acceptors (Lipinski definition) is 4. The van der Waals surface area contributed by atoms with Crippen molar-refractivity contribution >= 4 is 28.4 Å². The molecule has 0 saturated carbocycles. The summed E-state index contributed by atoms with van der Waals surface area (Å²) in [7, 11) is 1.65. The molecular formula is C10H12O2S2. The number of rotatable bonds is 3. The minimum atomic E-state index is 0.553. The van der Waals surface area contributed by atoms with Gasteiger partial charge in [0.25, 0.3) is 0 Å². The van der Waals surface area contributed by atoms with E-state index in [0.717, 1.165) is 10.6 Å². The molecular weight excluding hydrogens is 216 g/mol. The van der Waals surface area contributed by atoms with Crippen LogP contribution in [-0.2, 0) is 4.74 Å². The summed E-state index contributed by atoms with van der Waals surface area (Å²) >= 11 is 6.45. The zero-order valence-electron chi connectivity index (χ0n) is 8.15. The van der Waals surface area contributed by atoms with Crippen LogP contribution in [-0.4, -0.2) is 18.1 Å². The fourth-order valence-corrected chi connectivity index (χ4v) is 1.94. The third-order valence-electron chi connectivity index (χ3n) is 1.52. The SMILES string of the molecule is CCOC(=S)Sc1ccc(OC)cc1. The first-order chi connectivity index (χ1) is 6.76. The molecule has 1 aromatic carbocycles. The molecule has 76 valence electrons. The highest BCUT2D eigenvalue weighted by Gasteiger charge is 2.00. The zero-order chi connectivity index (χ0) is 10.4. The van der Waals surface area contributed by atoms with Crippen LogP contribution < -0.4 is 4.74 Å². The lowest BCUT2D eigenvalue weighted by molar-refractivity contribution is 0.346. The first-order valence-electron chi connectivity index (χ1n) is 4.25. The molecule has 2 nitrogen and oxygen atoms in total. The lowest BCUT2D eigenvalue weighted by Crippen LogP contribution is -1.94. The molecule has 0 aliphatic carbocycles. The van der Waals surface area contributed by atoms with Gasteiger partial charge in [-0.2, -0.15) is 0 Å². The van der Waals surface area contributed by atoms with Crippen molar-refractivity contribution in [3.05, 3.63) is 24.3 Å². The summed E-state index contributed by atoms with van der Waals surface area (Å²) in [5, 5.41) is 0. The highest BCUT2D eigenvalue weighted by Crippen LogP contribution is 2.22. The van der Waals surface area contributed by atoms with Gasteiger partial charge in [-0.05, 0) is 55.2 Å². The third kappa shape index (κ3) is 3.55. The van der Waals surface area contributed by atoms with Gasteiger partial charge in [0.1, 0.15) is 5.75 Å². The van der Waals surface area contributed by atoms with Gasteiger partial charge in [-0.3, -0.25) is 0 Å². The van der Waals surface area contributed by atoms with E-state index in [2.05, 4.69) is 0 Å². The van der Waals surface area contributed by atoms with Crippen molar-refractivity contribution < 1.29 is 9.47 Å². The highest BCUT2D eigenvalue weighted by atomic mass is 32.2. The summed E-state index contributed by atoms with van der Waals surface area (Å²) in [4.78, 5) is 1.06. The predicted molar refractivity (Wildman–Crippen MR) is 63.1 cm³/mol. The molecule has 0 radical (unpaired) electrons. The summed E-state index contributed by atoms with van der Waals surface area (Å²) < 4.78 is 10.8. The van der Waals surface area contributed by atoms with E-state index in [1.807, 2.05) is 31.2 Å². The molecule has 0 heterocycles. The standard InChI is InChI=1S/C10H12O2S2/c1-3-12-10(13)14-9-6-4-8(11-2)5-7-9/h4-7H,3H2,1-2H3. The molecule has 0 bridgehead atoms. The van der Waals surface area contributed by atoms with Crippen LogP contribution in [0.25, 0.3) is 0 Å². The second kappa shape index (κ2) is 5.88. The summed E-state index contributed by atoms with van der Waals surface area (Å²) in [6.45, 7) is 2.53. The Hall–Kier alpha value is -0.740. The average Bonchev–Trinajstić information content (AvgIpc) is 2.19. The van der Waals surface area contributed by atoms with Crippen molar-refractivity contribution in [3.8, 4) is 5.75 Å². The molecule has 0 saturated heterocycles. The predicted octanol–water partition coefficient (Wildman–Crippen LogP) is 3.11. The first-order valence-corrected chi connectivity index (χ1v) is 5.47. The number of thiocarbonyl (C=S) groups is 1. The van der Waals surface area contributed by atoms with Crippen molar-refractivity contribution in [3.63, 3.8) is 0 Å². The van der Waals surface area contributed by atoms with Crippen molar-refractivity contribution in [1.29, 1.82) is 0 Å². The number of thioether (sulfide) groups is 1. The topological polar surface area (TPSA) is 18.5 Å². The van der Waals surface area contributed by atoms with E-state index in [1.165, 1.54) is 11.8 Å². The number of methoxy groups -OCH3 is 1. The molecule has 0 spiro atoms. The van der Waals surface area contributed by atoms with E-state index in [1.54, 1.807) is 7.11 Å². The van der Waals surface area contributed by atoms with Crippen LogP contribution in [0.1, 0.15) is 6.92 Å². The Morgan fingerprint density at radius 3 is 2.50 bits per heavy atom. The molecule has 0 aliphatic heterocycles. The van der Waals surface area contributed by atoms with E-state index in [4.69, 9.17) is 21.7 Å². The molecule has 1 rings (SSSR count). The zero-order valence-corrected chi connectivity index (χ0v) is 9.78. The van der Waals surface area contributed by atoms with Gasteiger partial charge in [-0.1, -0.05) is 0 Å². The second-order valence-corrected chi connectivity index (χ2v) is 4.14. The third-order valence-corrected chi connectivity index (χ3v) is 2.68. The van der Waals surface area contributed by atoms with Crippen LogP contribution >= 0.6 is 24.0 Å². The van der Waals surface area contributed by atoms with Crippen molar-refractivity contribution in [1.82, 2.24) is 0 Å². The average molecular weight is 228 g/mol. The molecule has 0 atom stereocenters. The summed E-state index contributed by atoms with van der Waals surface area (Å²) in [5.41, 5.74) is 0. The van der Waals surface area contributed by atoms with Crippen molar-refractivity contribution in [2.45, 2.75) is 11.8 Å². The monoisotopic (exact) mass is 228 g/mol. The fraction of sp³-hybridized carbons (Fsp3) is 0.300. The van der Waals surface area contributed by atoms with E-state index in [9.17, 15) is 0 Å².